The number of carbonyl (C=O) groups is 1. The van der Waals surface area contributed by atoms with E-state index in [9.17, 15) is 23.1 Å². The Kier molecular flexibility index (Phi) is 4.87. The maximum absolute atomic E-state index is 12.7. The summed E-state index contributed by atoms with van der Waals surface area (Å²) in [6, 6.07) is 4.84. The molecular weight excluding hydrogens is 339 g/mol. The number of thiol groups is 1. The van der Waals surface area contributed by atoms with Gasteiger partial charge in [-0.2, -0.15) is 25.8 Å². The fourth-order valence-electron chi connectivity index (χ4n) is 3.71. The van der Waals surface area contributed by atoms with Crippen LogP contribution in [0.1, 0.15) is 50.0 Å². The van der Waals surface area contributed by atoms with Gasteiger partial charge in [0.05, 0.1) is 16.4 Å². The van der Waals surface area contributed by atoms with Gasteiger partial charge in [-0.05, 0) is 36.0 Å². The van der Waals surface area contributed by atoms with Crippen LogP contribution >= 0.6 is 12.6 Å². The summed E-state index contributed by atoms with van der Waals surface area (Å²) in [7, 11) is 0. The van der Waals surface area contributed by atoms with Crippen LogP contribution in [0.2, 0.25) is 0 Å². The molecule has 1 saturated heterocycles. The Hall–Kier alpha value is -1.37. The molecular formula is C17H22F3NO2S. The number of benzene rings is 1. The van der Waals surface area contributed by atoms with Gasteiger partial charge in [-0.25, -0.2) is 4.79 Å². The van der Waals surface area contributed by atoms with Crippen LogP contribution in [0.25, 0.3) is 0 Å². The van der Waals surface area contributed by atoms with E-state index >= 15 is 0 Å². The minimum absolute atomic E-state index is 0.407. The molecule has 1 unspecified atom stereocenters. The lowest BCUT2D eigenvalue weighted by Gasteiger charge is -2.50. The molecule has 0 aromatic heterocycles. The van der Waals surface area contributed by atoms with Gasteiger partial charge in [-0.15, -0.1) is 0 Å². The third-order valence-corrected chi connectivity index (χ3v) is 5.68. The predicted octanol–water partition coefficient (Wildman–Crippen LogP) is 5.24. The molecule has 2 rings (SSSR count). The average Bonchev–Trinajstić information content (AvgIpc) is 2.91. The lowest BCUT2D eigenvalue weighted by molar-refractivity contribution is -0.137. The molecule has 7 heteroatoms. The van der Waals surface area contributed by atoms with Gasteiger partial charge in [-0.1, -0.05) is 32.9 Å². The van der Waals surface area contributed by atoms with Crippen LogP contribution < -0.4 is 0 Å². The van der Waals surface area contributed by atoms with Crippen LogP contribution in [-0.4, -0.2) is 28.2 Å². The van der Waals surface area contributed by atoms with Gasteiger partial charge in [0, 0.05) is 6.54 Å². The van der Waals surface area contributed by atoms with Crippen molar-refractivity contribution >= 4 is 18.7 Å². The first kappa shape index (κ1) is 19.0. The van der Waals surface area contributed by atoms with E-state index in [1.165, 1.54) is 17.0 Å². The van der Waals surface area contributed by atoms with Gasteiger partial charge >= 0.3 is 12.3 Å². The van der Waals surface area contributed by atoms with Gasteiger partial charge < -0.3 is 10.0 Å². The summed E-state index contributed by atoms with van der Waals surface area (Å²) >= 11 is 4.67. The van der Waals surface area contributed by atoms with Crippen LogP contribution in [0, 0.1) is 5.41 Å². The van der Waals surface area contributed by atoms with Crippen molar-refractivity contribution in [2.45, 2.75) is 50.6 Å². The second kappa shape index (κ2) is 6.17. The molecule has 2 atom stereocenters. The highest BCUT2D eigenvalue weighted by molar-refractivity contribution is 7.80. The van der Waals surface area contributed by atoms with Crippen molar-refractivity contribution in [3.8, 4) is 0 Å². The zero-order chi connectivity index (χ0) is 18.3. The summed E-state index contributed by atoms with van der Waals surface area (Å²) in [6.07, 6.45) is -4.08. The first-order chi connectivity index (χ1) is 10.9. The topological polar surface area (TPSA) is 40.5 Å². The molecule has 1 N–H and O–H groups in total. The largest absolute Gasteiger partial charge is 0.465 e. The van der Waals surface area contributed by atoms with Crippen molar-refractivity contribution in [3.05, 3.63) is 35.4 Å². The minimum Gasteiger partial charge on any atom is -0.465 e. The second-order valence-electron chi connectivity index (χ2n) is 7.23. The highest BCUT2D eigenvalue weighted by Gasteiger charge is 2.55. The zero-order valence-corrected chi connectivity index (χ0v) is 14.8. The number of amides is 1. The van der Waals surface area contributed by atoms with E-state index in [0.717, 1.165) is 12.1 Å². The Labute approximate surface area is 145 Å². The molecule has 0 radical (unpaired) electrons. The molecule has 0 bridgehead atoms. The summed E-state index contributed by atoms with van der Waals surface area (Å²) in [4.78, 5) is 13.1. The van der Waals surface area contributed by atoms with Crippen molar-refractivity contribution in [1.82, 2.24) is 4.90 Å². The van der Waals surface area contributed by atoms with Crippen LogP contribution in [0.5, 0.6) is 0 Å². The first-order valence-corrected chi connectivity index (χ1v) is 8.28. The Morgan fingerprint density at radius 2 is 1.79 bits per heavy atom. The second-order valence-corrected chi connectivity index (χ2v) is 7.75. The fraction of sp³-hybridized carbons (Fsp3) is 0.588. The Bertz CT molecular complexity index is 610. The molecule has 1 heterocycles. The number of likely N-dealkylation sites (tertiary alicyclic amines) is 1. The fourth-order valence-corrected chi connectivity index (χ4v) is 4.54. The number of alkyl halides is 3. The quantitative estimate of drug-likeness (QED) is 0.708. The third-order valence-electron chi connectivity index (χ3n) is 4.96. The Balaban J connectivity index is 2.46. The highest BCUT2D eigenvalue weighted by Crippen LogP contribution is 2.53. The lowest BCUT2D eigenvalue weighted by Crippen LogP contribution is -2.57. The molecule has 0 aliphatic carbocycles. The number of hydrogen-bond acceptors (Lipinski definition) is 2. The molecule has 3 nitrogen and oxygen atoms in total. The third kappa shape index (κ3) is 3.10. The number of rotatable bonds is 2. The van der Waals surface area contributed by atoms with Gasteiger partial charge in [0.2, 0.25) is 0 Å². The van der Waals surface area contributed by atoms with Crippen molar-refractivity contribution in [2.24, 2.45) is 5.41 Å². The molecule has 1 aromatic carbocycles. The highest BCUT2D eigenvalue weighted by atomic mass is 32.1. The van der Waals surface area contributed by atoms with Gasteiger partial charge in [-0.3, -0.25) is 0 Å². The average molecular weight is 361 g/mol. The van der Waals surface area contributed by atoms with E-state index in [4.69, 9.17) is 0 Å². The molecule has 1 aliphatic heterocycles. The summed E-state index contributed by atoms with van der Waals surface area (Å²) < 4.78 is 38.2. The van der Waals surface area contributed by atoms with E-state index in [1.54, 1.807) is 0 Å². The maximum atomic E-state index is 12.7. The molecule has 1 aliphatic rings. The summed E-state index contributed by atoms with van der Waals surface area (Å²) in [5.74, 6) is 0. The monoisotopic (exact) mass is 361 g/mol. The first-order valence-electron chi connectivity index (χ1n) is 7.77. The van der Waals surface area contributed by atoms with Crippen LogP contribution in [0.15, 0.2) is 24.3 Å². The normalized spacial score (nSPS) is 23.4. The van der Waals surface area contributed by atoms with E-state index in [2.05, 4.69) is 12.6 Å². The van der Waals surface area contributed by atoms with Gasteiger partial charge in [0.15, 0.2) is 0 Å². The molecule has 0 spiro atoms. The maximum Gasteiger partial charge on any atom is 0.416 e. The Morgan fingerprint density at radius 3 is 2.21 bits per heavy atom. The summed E-state index contributed by atoms with van der Waals surface area (Å²) in [6.45, 7) is 6.25. The molecule has 1 amide bonds. The number of halogens is 3. The van der Waals surface area contributed by atoms with E-state index in [0.29, 0.717) is 24.9 Å². The van der Waals surface area contributed by atoms with Crippen molar-refractivity contribution < 1.29 is 23.1 Å². The number of nitrogens with zero attached hydrogens (tertiary/aromatic N) is 1. The molecule has 1 aromatic rings. The van der Waals surface area contributed by atoms with Gasteiger partial charge in [0.25, 0.3) is 0 Å². The number of carboxylic acid groups (broad SMARTS) is 1. The molecule has 134 valence electrons. The molecule has 1 fully saturated rings. The predicted molar refractivity (Wildman–Crippen MR) is 89.3 cm³/mol. The van der Waals surface area contributed by atoms with E-state index in [-0.39, 0.29) is 0 Å². The summed E-state index contributed by atoms with van der Waals surface area (Å²) in [5, 5.41) is 9.09. The van der Waals surface area contributed by atoms with Crippen LogP contribution in [0.3, 0.4) is 0 Å². The van der Waals surface area contributed by atoms with Gasteiger partial charge in [0.1, 0.15) is 0 Å². The minimum atomic E-state index is -4.40. The standard InChI is InChI=1S/C17H22F3NO2S/c1-15(2,3)16(9-4-10-21(16)14(22)23)13(24)11-5-7-12(8-6-11)17(18,19)20/h5-8,13,24H,4,9-10H2,1-3H3,(H,22,23)/t13?,16-/m1/s1. The Morgan fingerprint density at radius 1 is 1.25 bits per heavy atom. The van der Waals surface area contributed by atoms with Crippen molar-refractivity contribution in [2.75, 3.05) is 6.54 Å². The summed E-state index contributed by atoms with van der Waals surface area (Å²) in [5.41, 5.74) is -1.33. The zero-order valence-electron chi connectivity index (χ0n) is 13.9. The smallest absolute Gasteiger partial charge is 0.416 e. The SMILES string of the molecule is CC(C)(C)[C@]1(C(S)c2ccc(C(F)(F)F)cc2)CCCN1C(=O)O. The van der Waals surface area contributed by atoms with Crippen molar-refractivity contribution in [3.63, 3.8) is 0 Å². The van der Waals surface area contributed by atoms with E-state index < -0.39 is 34.0 Å². The lowest BCUT2D eigenvalue weighted by atomic mass is 9.68. The van der Waals surface area contributed by atoms with E-state index in [1.807, 2.05) is 20.8 Å². The molecule has 0 saturated carbocycles. The van der Waals surface area contributed by atoms with Crippen LogP contribution in [-0.2, 0) is 6.18 Å². The van der Waals surface area contributed by atoms with Crippen molar-refractivity contribution in [1.29, 1.82) is 0 Å². The molecule has 24 heavy (non-hydrogen) atoms. The number of hydrogen-bond donors (Lipinski definition) is 2. The van der Waals surface area contributed by atoms with Crippen LogP contribution in [0.4, 0.5) is 18.0 Å².